The van der Waals surface area contributed by atoms with Crippen LogP contribution in [0.15, 0.2) is 36.8 Å². The quantitative estimate of drug-likeness (QED) is 0.680. The Labute approximate surface area is 183 Å². The fourth-order valence-electron chi connectivity index (χ4n) is 3.75. The Kier molecular flexibility index (Phi) is 7.35. The zero-order valence-electron chi connectivity index (χ0n) is 17.1. The molecule has 0 N–H and O–H groups in total. The van der Waals surface area contributed by atoms with E-state index in [1.165, 1.54) is 0 Å². The molecule has 2 aromatic rings. The summed E-state index contributed by atoms with van der Waals surface area (Å²) in [6, 6.07) is 6.06. The highest BCUT2D eigenvalue weighted by Crippen LogP contribution is 2.18. The first-order chi connectivity index (χ1) is 14.8. The molecule has 158 valence electrons. The van der Waals surface area contributed by atoms with Gasteiger partial charge in [0.05, 0.1) is 30.1 Å². The van der Waals surface area contributed by atoms with Crippen LogP contribution in [-0.4, -0.2) is 78.4 Å². The van der Waals surface area contributed by atoms with E-state index in [1.54, 1.807) is 12.4 Å². The smallest absolute Gasteiger partial charge is 0.225 e. The number of piperidine rings is 1. The molecule has 0 aliphatic carbocycles. The van der Waals surface area contributed by atoms with Gasteiger partial charge in [0.25, 0.3) is 0 Å². The molecule has 4 heterocycles. The molecule has 2 aromatic heterocycles. The lowest BCUT2D eigenvalue weighted by molar-refractivity contribution is 0.0592. The fourth-order valence-corrected chi connectivity index (χ4v) is 3.84. The normalized spacial score (nSPS) is 18.2. The average molecular weight is 427 g/mol. The summed E-state index contributed by atoms with van der Waals surface area (Å²) in [6.07, 6.45) is 7.31. The number of halogens is 1. The second-order valence-corrected chi connectivity index (χ2v) is 7.94. The van der Waals surface area contributed by atoms with Crippen molar-refractivity contribution in [3.8, 4) is 11.8 Å². The molecule has 8 heteroatoms. The number of anilines is 2. The first kappa shape index (κ1) is 20.9. The maximum atomic E-state index is 5.95. The molecular formula is C22H27ClN6O. The molecule has 2 saturated heterocycles. The summed E-state index contributed by atoms with van der Waals surface area (Å²) in [5.74, 6) is 8.24. The van der Waals surface area contributed by atoms with Gasteiger partial charge in [-0.25, -0.2) is 15.0 Å². The second-order valence-electron chi connectivity index (χ2n) is 7.50. The maximum absolute atomic E-state index is 5.95. The van der Waals surface area contributed by atoms with Crippen molar-refractivity contribution < 1.29 is 4.74 Å². The van der Waals surface area contributed by atoms with E-state index >= 15 is 0 Å². The zero-order chi connectivity index (χ0) is 20.6. The minimum absolute atomic E-state index is 0.254. The number of ether oxygens (including phenoxy) is 1. The number of aromatic nitrogens is 3. The molecule has 2 aliphatic heterocycles. The highest BCUT2D eigenvalue weighted by molar-refractivity contribution is 6.30. The van der Waals surface area contributed by atoms with Crippen LogP contribution in [-0.2, 0) is 4.74 Å². The zero-order valence-corrected chi connectivity index (χ0v) is 17.8. The van der Waals surface area contributed by atoms with Crippen molar-refractivity contribution in [2.75, 3.05) is 62.2 Å². The Balaban J connectivity index is 1.11. The van der Waals surface area contributed by atoms with Crippen molar-refractivity contribution >= 4 is 23.4 Å². The molecule has 30 heavy (non-hydrogen) atoms. The Bertz CT molecular complexity index is 837. The van der Waals surface area contributed by atoms with Crippen molar-refractivity contribution in [3.63, 3.8) is 0 Å². The van der Waals surface area contributed by atoms with Crippen molar-refractivity contribution in [2.24, 2.45) is 0 Å². The molecule has 2 aliphatic rings. The van der Waals surface area contributed by atoms with Gasteiger partial charge in [-0.3, -0.25) is 4.90 Å². The van der Waals surface area contributed by atoms with E-state index in [1.807, 2.05) is 18.3 Å². The van der Waals surface area contributed by atoms with Gasteiger partial charge in [-0.2, -0.15) is 0 Å². The Morgan fingerprint density at radius 1 is 0.933 bits per heavy atom. The van der Waals surface area contributed by atoms with E-state index in [0.29, 0.717) is 11.6 Å². The third kappa shape index (κ3) is 5.82. The van der Waals surface area contributed by atoms with Crippen molar-refractivity contribution in [1.82, 2.24) is 19.9 Å². The van der Waals surface area contributed by atoms with Gasteiger partial charge in [0.2, 0.25) is 5.95 Å². The minimum Gasteiger partial charge on any atom is -0.365 e. The number of nitrogens with zero attached hydrogens (tertiary/aromatic N) is 6. The molecule has 0 spiro atoms. The van der Waals surface area contributed by atoms with Crippen LogP contribution in [0.5, 0.6) is 0 Å². The van der Waals surface area contributed by atoms with Crippen LogP contribution in [0.3, 0.4) is 0 Å². The van der Waals surface area contributed by atoms with Gasteiger partial charge < -0.3 is 14.5 Å². The van der Waals surface area contributed by atoms with Gasteiger partial charge in [-0.1, -0.05) is 29.5 Å². The summed E-state index contributed by atoms with van der Waals surface area (Å²) >= 11 is 5.85. The lowest BCUT2D eigenvalue weighted by Gasteiger charge is -2.34. The fraction of sp³-hybridized carbons (Fsp3) is 0.500. The van der Waals surface area contributed by atoms with Gasteiger partial charge in [-0.05, 0) is 25.0 Å². The number of pyridine rings is 1. The second kappa shape index (κ2) is 10.6. The molecule has 0 bridgehead atoms. The van der Waals surface area contributed by atoms with E-state index in [0.717, 1.165) is 70.4 Å². The first-order valence-electron chi connectivity index (χ1n) is 10.5. The summed E-state index contributed by atoms with van der Waals surface area (Å²) in [5.41, 5.74) is 0. The topological polar surface area (TPSA) is 57.6 Å². The summed E-state index contributed by atoms with van der Waals surface area (Å²) in [4.78, 5) is 19.9. The summed E-state index contributed by atoms with van der Waals surface area (Å²) in [5, 5.41) is 0.561. The molecule has 0 saturated carbocycles. The SMILES string of the molecule is Clc1cnc(N2CCC(OCC#CCN3CCN(c4ccccn4)CC3)CC2)nc1. The van der Waals surface area contributed by atoms with Crippen LogP contribution < -0.4 is 9.80 Å². The third-order valence-electron chi connectivity index (χ3n) is 5.50. The van der Waals surface area contributed by atoms with Crippen LogP contribution in [0.1, 0.15) is 12.8 Å². The van der Waals surface area contributed by atoms with Gasteiger partial charge in [0, 0.05) is 45.5 Å². The van der Waals surface area contributed by atoms with Crippen LogP contribution in [0.2, 0.25) is 5.02 Å². The number of hydrogen-bond acceptors (Lipinski definition) is 7. The standard InChI is InChI=1S/C22H27ClN6O/c23-19-17-25-22(26-18-19)29-10-6-20(7-11-29)30-16-4-3-9-27-12-14-28(15-13-27)21-5-1-2-8-24-21/h1-2,5,8,17-18,20H,6-7,9-16H2. The summed E-state index contributed by atoms with van der Waals surface area (Å²) in [6.45, 7) is 7.08. The Morgan fingerprint density at radius 2 is 1.70 bits per heavy atom. The molecule has 7 nitrogen and oxygen atoms in total. The van der Waals surface area contributed by atoms with E-state index < -0.39 is 0 Å². The third-order valence-corrected chi connectivity index (χ3v) is 5.69. The number of rotatable bonds is 5. The Morgan fingerprint density at radius 3 is 2.40 bits per heavy atom. The largest absolute Gasteiger partial charge is 0.365 e. The predicted molar refractivity (Wildman–Crippen MR) is 119 cm³/mol. The predicted octanol–water partition coefficient (Wildman–Crippen LogP) is 2.34. The maximum Gasteiger partial charge on any atom is 0.225 e. The summed E-state index contributed by atoms with van der Waals surface area (Å²) in [7, 11) is 0. The van der Waals surface area contributed by atoms with Crippen LogP contribution in [0.4, 0.5) is 11.8 Å². The molecular weight excluding hydrogens is 400 g/mol. The molecule has 0 aromatic carbocycles. The lowest BCUT2D eigenvalue weighted by Crippen LogP contribution is -2.46. The van der Waals surface area contributed by atoms with Crippen molar-refractivity contribution in [3.05, 3.63) is 41.8 Å². The molecule has 2 fully saturated rings. The van der Waals surface area contributed by atoms with Crippen LogP contribution in [0.25, 0.3) is 0 Å². The van der Waals surface area contributed by atoms with Crippen LogP contribution in [0, 0.1) is 11.8 Å². The Hall–Kier alpha value is -2.40. The van der Waals surface area contributed by atoms with Gasteiger partial charge in [0.1, 0.15) is 12.4 Å². The van der Waals surface area contributed by atoms with E-state index in [2.05, 4.69) is 47.6 Å². The monoisotopic (exact) mass is 426 g/mol. The summed E-state index contributed by atoms with van der Waals surface area (Å²) < 4.78 is 5.95. The highest BCUT2D eigenvalue weighted by atomic mass is 35.5. The van der Waals surface area contributed by atoms with E-state index in [4.69, 9.17) is 16.3 Å². The van der Waals surface area contributed by atoms with Crippen LogP contribution >= 0.6 is 11.6 Å². The number of hydrogen-bond donors (Lipinski definition) is 0. The van der Waals surface area contributed by atoms with Crippen molar-refractivity contribution in [1.29, 1.82) is 0 Å². The van der Waals surface area contributed by atoms with Crippen molar-refractivity contribution in [2.45, 2.75) is 18.9 Å². The molecule has 4 rings (SSSR count). The highest BCUT2D eigenvalue weighted by Gasteiger charge is 2.21. The molecule has 0 radical (unpaired) electrons. The number of piperazine rings is 1. The molecule has 0 atom stereocenters. The molecule has 0 amide bonds. The first-order valence-corrected chi connectivity index (χ1v) is 10.8. The van der Waals surface area contributed by atoms with E-state index in [9.17, 15) is 0 Å². The minimum atomic E-state index is 0.254. The molecule has 0 unspecified atom stereocenters. The van der Waals surface area contributed by atoms with Gasteiger partial charge >= 0.3 is 0 Å². The van der Waals surface area contributed by atoms with Gasteiger partial charge in [0.15, 0.2) is 0 Å². The lowest BCUT2D eigenvalue weighted by atomic mass is 10.1. The van der Waals surface area contributed by atoms with E-state index in [-0.39, 0.29) is 6.10 Å². The van der Waals surface area contributed by atoms with Gasteiger partial charge in [-0.15, -0.1) is 0 Å². The average Bonchev–Trinajstić information content (AvgIpc) is 2.81.